The van der Waals surface area contributed by atoms with Crippen LogP contribution < -0.4 is 17.0 Å². The summed E-state index contributed by atoms with van der Waals surface area (Å²) in [4.78, 5) is 24.8. The molecule has 3 atom stereocenters. The standard InChI is InChI=1S/C21H30NO5.BrH/c1-22(15-19(23)26-2)13-12-18(14-22)27-20(24)21(25,17-10-6-7-11-17)16-8-4-3-5-9-16;/h3-5,8-9,17-18,25H,6-7,10-15H2,1-2H3;1H/q+1;/p-1/t18-,21+,22?;/m0./s1. The Bertz CT molecular complexity index is 679. The summed E-state index contributed by atoms with van der Waals surface area (Å²) in [5.41, 5.74) is -1.00. The van der Waals surface area contributed by atoms with Gasteiger partial charge < -0.3 is 36.0 Å². The Hall–Kier alpha value is -1.44. The Morgan fingerprint density at radius 2 is 1.82 bits per heavy atom. The van der Waals surface area contributed by atoms with E-state index in [9.17, 15) is 14.7 Å². The average Bonchev–Trinajstić information content (AvgIpc) is 3.32. The second kappa shape index (κ2) is 9.37. The first-order chi connectivity index (χ1) is 12.9. The summed E-state index contributed by atoms with van der Waals surface area (Å²) in [6.45, 7) is 1.55. The summed E-state index contributed by atoms with van der Waals surface area (Å²) >= 11 is 0. The molecular formula is C21H30BrNO5. The van der Waals surface area contributed by atoms with Gasteiger partial charge in [-0.3, -0.25) is 0 Å². The van der Waals surface area contributed by atoms with Gasteiger partial charge in [-0.05, 0) is 18.4 Å². The van der Waals surface area contributed by atoms with Crippen LogP contribution in [0.25, 0.3) is 0 Å². The maximum Gasteiger partial charge on any atom is 0.361 e. The number of benzene rings is 1. The number of carbonyl (C=O) groups excluding carboxylic acids is 2. The van der Waals surface area contributed by atoms with Gasteiger partial charge in [-0.25, -0.2) is 9.59 Å². The molecule has 1 saturated heterocycles. The van der Waals surface area contributed by atoms with E-state index >= 15 is 0 Å². The molecule has 7 heteroatoms. The molecule has 1 unspecified atom stereocenters. The van der Waals surface area contributed by atoms with Gasteiger partial charge in [0.2, 0.25) is 0 Å². The summed E-state index contributed by atoms with van der Waals surface area (Å²) < 4.78 is 11.1. The third-order valence-corrected chi connectivity index (χ3v) is 6.12. The van der Waals surface area contributed by atoms with E-state index in [1.54, 1.807) is 12.1 Å². The Labute approximate surface area is 177 Å². The van der Waals surface area contributed by atoms with E-state index in [0.29, 0.717) is 23.0 Å². The first kappa shape index (κ1) is 22.8. The maximum absolute atomic E-state index is 13.1. The molecule has 1 N–H and O–H groups in total. The first-order valence-electron chi connectivity index (χ1n) is 9.77. The minimum absolute atomic E-state index is 0. The fraction of sp³-hybridized carbons (Fsp3) is 0.619. The first-order valence-corrected chi connectivity index (χ1v) is 9.77. The normalized spacial score (nSPS) is 26.9. The summed E-state index contributed by atoms with van der Waals surface area (Å²) in [5, 5.41) is 11.5. The van der Waals surface area contributed by atoms with Crippen molar-refractivity contribution in [2.24, 2.45) is 5.92 Å². The van der Waals surface area contributed by atoms with Gasteiger partial charge >= 0.3 is 11.9 Å². The molecule has 156 valence electrons. The van der Waals surface area contributed by atoms with E-state index in [1.807, 2.05) is 25.2 Å². The number of rotatable bonds is 6. The smallest absolute Gasteiger partial charge is 0.361 e. The summed E-state index contributed by atoms with van der Waals surface area (Å²) in [7, 11) is 3.34. The highest BCUT2D eigenvalue weighted by Gasteiger charge is 2.49. The lowest BCUT2D eigenvalue weighted by Crippen LogP contribution is -3.00. The molecule has 1 saturated carbocycles. The zero-order valence-electron chi connectivity index (χ0n) is 16.6. The van der Waals surface area contributed by atoms with Crippen molar-refractivity contribution < 1.29 is 45.6 Å². The summed E-state index contributed by atoms with van der Waals surface area (Å²) in [5.74, 6) is -0.946. The van der Waals surface area contributed by atoms with Gasteiger partial charge in [-0.1, -0.05) is 43.2 Å². The minimum Gasteiger partial charge on any atom is -1.00 e. The number of nitrogens with zero attached hydrogens (tertiary/aromatic N) is 1. The van der Waals surface area contributed by atoms with E-state index in [4.69, 9.17) is 9.47 Å². The number of ether oxygens (including phenoxy) is 2. The number of methoxy groups -OCH3 is 1. The van der Waals surface area contributed by atoms with Crippen molar-refractivity contribution in [3.63, 3.8) is 0 Å². The van der Waals surface area contributed by atoms with Crippen LogP contribution in [0.3, 0.4) is 0 Å². The molecule has 1 aliphatic carbocycles. The zero-order valence-corrected chi connectivity index (χ0v) is 18.2. The zero-order chi connectivity index (χ0) is 19.5. The Morgan fingerprint density at radius 1 is 1.18 bits per heavy atom. The number of quaternary nitrogens is 1. The summed E-state index contributed by atoms with van der Waals surface area (Å²) in [6.07, 6.45) is 4.05. The van der Waals surface area contributed by atoms with Crippen LogP contribution in [0.5, 0.6) is 0 Å². The van der Waals surface area contributed by atoms with Gasteiger partial charge in [-0.2, -0.15) is 0 Å². The Kier molecular flexibility index (Phi) is 7.65. The molecule has 1 aliphatic heterocycles. The van der Waals surface area contributed by atoms with Gasteiger partial charge in [0, 0.05) is 12.3 Å². The highest BCUT2D eigenvalue weighted by Crippen LogP contribution is 2.42. The van der Waals surface area contributed by atoms with E-state index in [1.165, 1.54) is 7.11 Å². The van der Waals surface area contributed by atoms with Gasteiger partial charge in [-0.15, -0.1) is 0 Å². The number of likely N-dealkylation sites (N-methyl/N-ethyl adjacent to an activating group) is 1. The van der Waals surface area contributed by atoms with Crippen LogP contribution in [-0.2, 0) is 24.7 Å². The lowest BCUT2D eigenvalue weighted by Gasteiger charge is -2.33. The predicted molar refractivity (Wildman–Crippen MR) is 99.6 cm³/mol. The molecule has 1 heterocycles. The fourth-order valence-corrected chi connectivity index (χ4v) is 4.54. The van der Waals surface area contributed by atoms with E-state index in [0.717, 1.165) is 32.2 Å². The third kappa shape index (κ3) is 4.75. The van der Waals surface area contributed by atoms with Gasteiger partial charge in [0.1, 0.15) is 6.54 Å². The van der Waals surface area contributed by atoms with Gasteiger partial charge in [0.15, 0.2) is 18.2 Å². The quantitative estimate of drug-likeness (QED) is 0.440. The molecule has 0 radical (unpaired) electrons. The fourth-order valence-electron chi connectivity index (χ4n) is 4.54. The number of esters is 2. The van der Waals surface area contributed by atoms with Crippen molar-refractivity contribution in [1.82, 2.24) is 0 Å². The molecule has 0 aromatic heterocycles. The van der Waals surface area contributed by atoms with Crippen LogP contribution in [0.2, 0.25) is 0 Å². The number of aliphatic hydroxyl groups is 1. The molecule has 0 bridgehead atoms. The maximum atomic E-state index is 13.1. The second-order valence-electron chi connectivity index (χ2n) is 8.19. The number of hydrogen-bond acceptors (Lipinski definition) is 5. The Balaban J connectivity index is 0.00000280. The highest BCUT2D eigenvalue weighted by atomic mass is 79.9. The summed E-state index contributed by atoms with van der Waals surface area (Å²) in [6, 6.07) is 9.14. The minimum atomic E-state index is -1.61. The van der Waals surface area contributed by atoms with Crippen LogP contribution in [0, 0.1) is 5.92 Å². The molecule has 1 aromatic carbocycles. The van der Waals surface area contributed by atoms with E-state index in [-0.39, 0.29) is 41.5 Å². The number of carbonyl (C=O) groups is 2. The molecular weight excluding hydrogens is 426 g/mol. The van der Waals surface area contributed by atoms with Crippen LogP contribution in [0.15, 0.2) is 30.3 Å². The number of hydrogen-bond donors (Lipinski definition) is 1. The molecule has 0 spiro atoms. The van der Waals surface area contributed by atoms with Crippen LogP contribution in [0.4, 0.5) is 0 Å². The van der Waals surface area contributed by atoms with Gasteiger partial charge in [0.05, 0.1) is 20.7 Å². The largest absolute Gasteiger partial charge is 1.00 e. The number of halogens is 1. The van der Waals surface area contributed by atoms with Crippen molar-refractivity contribution in [2.75, 3.05) is 33.8 Å². The molecule has 3 rings (SSSR count). The second-order valence-corrected chi connectivity index (χ2v) is 8.19. The topological polar surface area (TPSA) is 72.8 Å². The number of likely N-dealkylation sites (tertiary alicyclic amines) is 1. The van der Waals surface area contributed by atoms with Crippen LogP contribution in [-0.4, -0.2) is 61.4 Å². The van der Waals surface area contributed by atoms with Crippen molar-refractivity contribution in [1.29, 1.82) is 0 Å². The lowest BCUT2D eigenvalue weighted by molar-refractivity contribution is -0.891. The van der Waals surface area contributed by atoms with Crippen molar-refractivity contribution in [3.05, 3.63) is 35.9 Å². The Morgan fingerprint density at radius 3 is 2.43 bits per heavy atom. The van der Waals surface area contributed by atoms with Gasteiger partial charge in [0.25, 0.3) is 0 Å². The molecule has 28 heavy (non-hydrogen) atoms. The highest BCUT2D eigenvalue weighted by molar-refractivity contribution is 5.81. The van der Waals surface area contributed by atoms with Crippen LogP contribution in [0.1, 0.15) is 37.7 Å². The van der Waals surface area contributed by atoms with Crippen molar-refractivity contribution >= 4 is 11.9 Å². The third-order valence-electron chi connectivity index (χ3n) is 6.12. The molecule has 0 amide bonds. The lowest BCUT2D eigenvalue weighted by atomic mass is 9.80. The average molecular weight is 456 g/mol. The van der Waals surface area contributed by atoms with E-state index in [2.05, 4.69) is 0 Å². The van der Waals surface area contributed by atoms with Crippen molar-refractivity contribution in [2.45, 2.75) is 43.8 Å². The van der Waals surface area contributed by atoms with Crippen LogP contribution >= 0.6 is 0 Å². The molecule has 2 fully saturated rings. The predicted octanol–water partition coefficient (Wildman–Crippen LogP) is -0.996. The van der Waals surface area contributed by atoms with Crippen molar-refractivity contribution in [3.8, 4) is 0 Å². The van der Waals surface area contributed by atoms with E-state index < -0.39 is 11.6 Å². The molecule has 2 aliphatic rings. The monoisotopic (exact) mass is 455 g/mol. The molecule has 6 nitrogen and oxygen atoms in total. The SMILES string of the molecule is COC(=O)C[N+]1(C)CC[C@H](OC(=O)[C@@](O)(c2ccccc2)C2CCCC2)C1.[Br-]. The molecule has 1 aromatic rings.